The van der Waals surface area contributed by atoms with Gasteiger partial charge in [0.2, 0.25) is 0 Å². The Morgan fingerprint density at radius 3 is 2.45 bits per heavy atom. The summed E-state index contributed by atoms with van der Waals surface area (Å²) < 4.78 is 21.8. The first kappa shape index (κ1) is 27.6. The fourth-order valence-electron chi connectivity index (χ4n) is 5.34. The van der Waals surface area contributed by atoms with Crippen LogP contribution in [0.3, 0.4) is 0 Å². The summed E-state index contributed by atoms with van der Waals surface area (Å²) in [7, 11) is -0.233. The molecule has 5 nitrogen and oxygen atoms in total. The second-order valence-electron chi connectivity index (χ2n) is 10.1. The van der Waals surface area contributed by atoms with Crippen LogP contribution < -0.4 is 9.04 Å². The van der Waals surface area contributed by atoms with Crippen LogP contribution in [-0.4, -0.2) is 27.7 Å². The van der Waals surface area contributed by atoms with E-state index in [-0.39, 0.29) is 28.9 Å². The molecule has 1 unspecified atom stereocenters. The standard InChI is InChI=1S/C33H33FN2O3S/c1-6-40(5)36-22(4)28-15-26(39-19-23-9-13-25(34)14-10-23)18-35-32(28)30-16-29(24-11-7-20(2)8-12-24)27(17-31(37)38)21(3)33(30)36/h6-16,18,22H,17,19H2,1-5H3,(H,37,38)/t22-,40?/m0/s1. The number of aliphatic carboxylic acids is 1. The van der Waals surface area contributed by atoms with E-state index in [1.54, 1.807) is 18.3 Å². The average Bonchev–Trinajstić information content (AvgIpc) is 2.94. The van der Waals surface area contributed by atoms with E-state index in [2.05, 4.69) is 60.1 Å². The van der Waals surface area contributed by atoms with Gasteiger partial charge in [-0.2, -0.15) is 0 Å². The highest BCUT2D eigenvalue weighted by molar-refractivity contribution is 8.15. The van der Waals surface area contributed by atoms with Gasteiger partial charge >= 0.3 is 5.97 Å². The Morgan fingerprint density at radius 2 is 1.80 bits per heavy atom. The van der Waals surface area contributed by atoms with E-state index in [0.29, 0.717) is 12.4 Å². The van der Waals surface area contributed by atoms with Crippen LogP contribution in [0.15, 0.2) is 66.9 Å². The zero-order valence-electron chi connectivity index (χ0n) is 23.4. The molecule has 3 aromatic carbocycles. The molecule has 2 heterocycles. The number of ether oxygens (including phenoxy) is 1. The number of halogens is 1. The van der Waals surface area contributed by atoms with Gasteiger partial charge in [-0.25, -0.2) is 4.39 Å². The number of carboxylic acid groups (broad SMARTS) is 1. The van der Waals surface area contributed by atoms with Gasteiger partial charge in [0.15, 0.2) is 0 Å². The number of benzene rings is 3. The molecule has 40 heavy (non-hydrogen) atoms. The van der Waals surface area contributed by atoms with Crippen molar-refractivity contribution in [3.8, 4) is 28.1 Å². The average molecular weight is 557 g/mol. The van der Waals surface area contributed by atoms with Crippen molar-refractivity contribution in [3.05, 3.63) is 100 Å². The highest BCUT2D eigenvalue weighted by Crippen LogP contribution is 2.52. The summed E-state index contributed by atoms with van der Waals surface area (Å²) in [5.74, 6) is -0.486. The number of fused-ring (bicyclic) bond motifs is 3. The molecule has 206 valence electrons. The van der Waals surface area contributed by atoms with Crippen molar-refractivity contribution in [2.45, 2.75) is 46.8 Å². The van der Waals surface area contributed by atoms with Crippen LogP contribution in [0.2, 0.25) is 0 Å². The van der Waals surface area contributed by atoms with Crippen molar-refractivity contribution in [3.63, 3.8) is 0 Å². The maximum absolute atomic E-state index is 13.3. The maximum Gasteiger partial charge on any atom is 0.307 e. The maximum atomic E-state index is 13.3. The van der Waals surface area contributed by atoms with Gasteiger partial charge in [0.25, 0.3) is 0 Å². The highest BCUT2D eigenvalue weighted by Gasteiger charge is 2.34. The zero-order chi connectivity index (χ0) is 28.6. The predicted octanol–water partition coefficient (Wildman–Crippen LogP) is 7.89. The second-order valence-corrected chi connectivity index (χ2v) is 12.1. The van der Waals surface area contributed by atoms with Gasteiger partial charge in [-0.15, -0.1) is 10.7 Å². The lowest BCUT2D eigenvalue weighted by molar-refractivity contribution is -0.136. The number of carboxylic acids is 1. The molecular formula is C33H33FN2O3S. The monoisotopic (exact) mass is 556 g/mol. The molecule has 0 radical (unpaired) electrons. The molecule has 0 aliphatic carbocycles. The molecule has 4 aromatic rings. The van der Waals surface area contributed by atoms with Gasteiger partial charge in [-0.1, -0.05) is 42.0 Å². The van der Waals surface area contributed by atoms with Crippen molar-refractivity contribution in [1.82, 2.24) is 4.98 Å². The fourth-order valence-corrected chi connectivity index (χ4v) is 6.70. The number of hydrogen-bond acceptors (Lipinski definition) is 4. The number of rotatable bonds is 7. The Kier molecular flexibility index (Phi) is 7.76. The van der Waals surface area contributed by atoms with Crippen LogP contribution in [0.1, 0.15) is 47.7 Å². The number of nitrogens with zero attached hydrogens (tertiary/aromatic N) is 2. The number of pyridine rings is 1. The minimum Gasteiger partial charge on any atom is -0.487 e. The predicted molar refractivity (Wildman–Crippen MR) is 163 cm³/mol. The number of aromatic nitrogens is 1. The molecular weight excluding hydrogens is 523 g/mol. The van der Waals surface area contributed by atoms with Gasteiger partial charge in [-0.3, -0.25) is 9.78 Å². The summed E-state index contributed by atoms with van der Waals surface area (Å²) in [6, 6.07) is 18.6. The van der Waals surface area contributed by atoms with Crippen LogP contribution in [-0.2, 0) is 17.8 Å². The molecule has 5 rings (SSSR count). The minimum absolute atomic E-state index is 0.0180. The van der Waals surface area contributed by atoms with E-state index < -0.39 is 5.97 Å². The molecule has 2 atom stereocenters. The van der Waals surface area contributed by atoms with Crippen LogP contribution in [0.4, 0.5) is 10.1 Å². The normalized spacial score (nSPS) is 14.9. The molecule has 0 bridgehead atoms. The quantitative estimate of drug-likeness (QED) is 0.235. The zero-order valence-corrected chi connectivity index (χ0v) is 24.2. The van der Waals surface area contributed by atoms with Gasteiger partial charge < -0.3 is 14.1 Å². The minimum atomic E-state index is -0.856. The largest absolute Gasteiger partial charge is 0.487 e. The summed E-state index contributed by atoms with van der Waals surface area (Å²) in [5.41, 5.74) is 9.64. The number of carbonyl (C=O) groups is 1. The molecule has 1 N–H and O–H groups in total. The van der Waals surface area contributed by atoms with Crippen molar-refractivity contribution in [2.75, 3.05) is 10.6 Å². The van der Waals surface area contributed by atoms with E-state index in [0.717, 1.165) is 55.9 Å². The van der Waals surface area contributed by atoms with Crippen LogP contribution >= 0.6 is 10.7 Å². The third kappa shape index (κ3) is 5.26. The molecule has 0 saturated heterocycles. The fraction of sp³-hybridized carbons (Fsp3) is 0.242. The summed E-state index contributed by atoms with van der Waals surface area (Å²) in [5, 5.41) is 12.0. The third-order valence-electron chi connectivity index (χ3n) is 7.51. The number of anilines is 1. The van der Waals surface area contributed by atoms with Gasteiger partial charge in [0.05, 0.1) is 30.0 Å². The summed E-state index contributed by atoms with van der Waals surface area (Å²) >= 11 is 0. The SMILES string of the molecule is C/C=S(/C)N1c2c(cc(-c3ccc(C)cc3)c(CC(=O)O)c2C)-c2ncc(OCc3ccc(F)cc3)cc2[C@@H]1C. The Balaban J connectivity index is 1.67. The van der Waals surface area contributed by atoms with Crippen LogP contribution in [0.5, 0.6) is 5.75 Å². The lowest BCUT2D eigenvalue weighted by Gasteiger charge is -2.41. The topological polar surface area (TPSA) is 62.7 Å². The number of hydrogen-bond donors (Lipinski definition) is 1. The van der Waals surface area contributed by atoms with Crippen LogP contribution in [0.25, 0.3) is 22.4 Å². The van der Waals surface area contributed by atoms with E-state index in [4.69, 9.17) is 9.72 Å². The van der Waals surface area contributed by atoms with E-state index in [1.807, 2.05) is 19.9 Å². The molecule has 1 aromatic heterocycles. The highest BCUT2D eigenvalue weighted by atomic mass is 32.2. The lowest BCUT2D eigenvalue weighted by Crippen LogP contribution is -2.28. The Morgan fingerprint density at radius 1 is 1.10 bits per heavy atom. The van der Waals surface area contributed by atoms with Gasteiger partial charge in [0.1, 0.15) is 18.2 Å². The Bertz CT molecular complexity index is 1610. The van der Waals surface area contributed by atoms with E-state index in [9.17, 15) is 14.3 Å². The van der Waals surface area contributed by atoms with Gasteiger partial charge in [-0.05, 0) is 91.4 Å². The Hall–Kier alpha value is -3.97. The number of aryl methyl sites for hydroxylation is 1. The molecule has 0 spiro atoms. The lowest BCUT2D eigenvalue weighted by atomic mass is 9.85. The first-order valence-corrected chi connectivity index (χ1v) is 14.9. The molecule has 7 heteroatoms. The molecule has 1 aliphatic heterocycles. The van der Waals surface area contributed by atoms with Crippen molar-refractivity contribution >= 4 is 27.7 Å². The molecule has 0 saturated carbocycles. The van der Waals surface area contributed by atoms with Crippen molar-refractivity contribution < 1.29 is 19.0 Å². The summed E-state index contributed by atoms with van der Waals surface area (Å²) in [6.45, 7) is 8.60. The smallest absolute Gasteiger partial charge is 0.307 e. The van der Waals surface area contributed by atoms with Crippen LogP contribution in [0, 0.1) is 19.7 Å². The first-order chi connectivity index (χ1) is 19.2. The Labute approximate surface area is 237 Å². The molecule has 0 amide bonds. The molecule has 1 aliphatic rings. The molecule has 0 fully saturated rings. The van der Waals surface area contributed by atoms with Gasteiger partial charge in [0, 0.05) is 11.1 Å². The summed E-state index contributed by atoms with van der Waals surface area (Å²) in [4.78, 5) is 16.9. The summed E-state index contributed by atoms with van der Waals surface area (Å²) in [6.07, 6.45) is 3.85. The second kappa shape index (κ2) is 11.3. The van der Waals surface area contributed by atoms with Crippen molar-refractivity contribution in [1.29, 1.82) is 0 Å². The van der Waals surface area contributed by atoms with E-state index >= 15 is 0 Å². The third-order valence-corrected chi connectivity index (χ3v) is 9.31. The van der Waals surface area contributed by atoms with Crippen molar-refractivity contribution in [2.24, 2.45) is 0 Å². The first-order valence-electron chi connectivity index (χ1n) is 13.2. The van der Waals surface area contributed by atoms with E-state index in [1.165, 1.54) is 12.1 Å².